The second-order valence-electron chi connectivity index (χ2n) is 3.55. The van der Waals surface area contributed by atoms with Crippen LogP contribution in [-0.4, -0.2) is 26.4 Å². The van der Waals surface area contributed by atoms with Gasteiger partial charge in [0.15, 0.2) is 0 Å². The molecule has 1 rings (SSSR count). The number of rotatable bonds is 6. The second-order valence-corrected chi connectivity index (χ2v) is 3.55. The first-order valence-corrected chi connectivity index (χ1v) is 5.97. The van der Waals surface area contributed by atoms with Gasteiger partial charge < -0.3 is 15.2 Å². The molecular formula is C14H18FNO2. The summed E-state index contributed by atoms with van der Waals surface area (Å²) in [6.45, 7) is 4.00. The Balaban J connectivity index is 2.59. The van der Waals surface area contributed by atoms with Gasteiger partial charge in [0, 0.05) is 25.7 Å². The molecule has 98 valence electrons. The van der Waals surface area contributed by atoms with Gasteiger partial charge >= 0.3 is 0 Å². The van der Waals surface area contributed by atoms with E-state index in [9.17, 15) is 4.39 Å². The summed E-state index contributed by atoms with van der Waals surface area (Å²) in [7, 11) is 0. The molecule has 4 heteroatoms. The third kappa shape index (κ3) is 5.17. The lowest BCUT2D eigenvalue weighted by Gasteiger charge is -2.08. The molecule has 0 aromatic heterocycles. The van der Waals surface area contributed by atoms with Gasteiger partial charge in [0.1, 0.15) is 11.6 Å². The molecule has 0 amide bonds. The van der Waals surface area contributed by atoms with Crippen LogP contribution in [0.2, 0.25) is 0 Å². The second kappa shape index (κ2) is 8.51. The summed E-state index contributed by atoms with van der Waals surface area (Å²) in [4.78, 5) is 0. The number of nitrogens with two attached hydrogens (primary N) is 1. The first-order valence-electron chi connectivity index (χ1n) is 5.97. The lowest BCUT2D eigenvalue weighted by Crippen LogP contribution is -2.04. The van der Waals surface area contributed by atoms with Crippen molar-refractivity contribution < 1.29 is 13.9 Å². The molecule has 0 aliphatic heterocycles. The van der Waals surface area contributed by atoms with Crippen LogP contribution < -0.4 is 10.5 Å². The van der Waals surface area contributed by atoms with E-state index in [0.717, 1.165) is 6.42 Å². The molecule has 0 bridgehead atoms. The molecular weight excluding hydrogens is 233 g/mol. The van der Waals surface area contributed by atoms with Crippen LogP contribution in [0, 0.1) is 17.7 Å². The van der Waals surface area contributed by atoms with Gasteiger partial charge in [-0.05, 0) is 19.1 Å². The Kier molecular flexibility index (Phi) is 6.85. The van der Waals surface area contributed by atoms with E-state index in [1.54, 1.807) is 6.07 Å². The van der Waals surface area contributed by atoms with E-state index in [2.05, 4.69) is 11.8 Å². The zero-order chi connectivity index (χ0) is 13.2. The summed E-state index contributed by atoms with van der Waals surface area (Å²) >= 11 is 0. The Morgan fingerprint density at radius 2 is 2.17 bits per heavy atom. The molecule has 1 aromatic rings. The van der Waals surface area contributed by atoms with E-state index < -0.39 is 0 Å². The fourth-order valence-electron chi connectivity index (χ4n) is 1.35. The number of hydrogen-bond donors (Lipinski definition) is 1. The van der Waals surface area contributed by atoms with E-state index in [1.165, 1.54) is 12.1 Å². The van der Waals surface area contributed by atoms with Gasteiger partial charge in [0.25, 0.3) is 0 Å². The van der Waals surface area contributed by atoms with Gasteiger partial charge in [-0.2, -0.15) is 0 Å². The van der Waals surface area contributed by atoms with Crippen molar-refractivity contribution in [2.45, 2.75) is 13.3 Å². The van der Waals surface area contributed by atoms with Gasteiger partial charge in [-0.15, -0.1) is 0 Å². The highest BCUT2D eigenvalue weighted by Crippen LogP contribution is 2.19. The lowest BCUT2D eigenvalue weighted by atomic mass is 10.2. The molecule has 0 fully saturated rings. The SMILES string of the molecule is CCOCCCOc1cc(F)ccc1C#CCN. The van der Waals surface area contributed by atoms with Gasteiger partial charge in [-0.25, -0.2) is 4.39 Å². The van der Waals surface area contributed by atoms with Crippen LogP contribution in [0.25, 0.3) is 0 Å². The van der Waals surface area contributed by atoms with Gasteiger partial charge in [-0.3, -0.25) is 0 Å². The van der Waals surface area contributed by atoms with Crippen LogP contribution in [0.5, 0.6) is 5.75 Å². The predicted molar refractivity (Wildman–Crippen MR) is 68.9 cm³/mol. The van der Waals surface area contributed by atoms with Crippen molar-refractivity contribution in [1.29, 1.82) is 0 Å². The topological polar surface area (TPSA) is 44.5 Å². The molecule has 1 aromatic carbocycles. The van der Waals surface area contributed by atoms with Crippen LogP contribution in [0.15, 0.2) is 18.2 Å². The van der Waals surface area contributed by atoms with E-state index in [1.807, 2.05) is 6.92 Å². The molecule has 3 nitrogen and oxygen atoms in total. The van der Waals surface area contributed by atoms with E-state index >= 15 is 0 Å². The molecule has 0 aliphatic carbocycles. The number of halogens is 1. The smallest absolute Gasteiger partial charge is 0.137 e. The van der Waals surface area contributed by atoms with Crippen LogP contribution in [0.3, 0.4) is 0 Å². The van der Waals surface area contributed by atoms with Crippen LogP contribution in [-0.2, 0) is 4.74 Å². The van der Waals surface area contributed by atoms with Gasteiger partial charge in [0.05, 0.1) is 18.7 Å². The third-order valence-electron chi connectivity index (χ3n) is 2.16. The van der Waals surface area contributed by atoms with Crippen LogP contribution in [0.1, 0.15) is 18.9 Å². The number of ether oxygens (including phenoxy) is 2. The minimum absolute atomic E-state index is 0.265. The quantitative estimate of drug-likeness (QED) is 0.620. The largest absolute Gasteiger partial charge is 0.492 e. The fraction of sp³-hybridized carbons (Fsp3) is 0.429. The van der Waals surface area contributed by atoms with Crippen molar-refractivity contribution in [2.75, 3.05) is 26.4 Å². The zero-order valence-electron chi connectivity index (χ0n) is 10.5. The maximum absolute atomic E-state index is 13.1. The summed E-state index contributed by atoms with van der Waals surface area (Å²) in [6.07, 6.45) is 0.758. The highest BCUT2D eigenvalue weighted by Gasteiger charge is 2.03. The van der Waals surface area contributed by atoms with Crippen LogP contribution >= 0.6 is 0 Å². The standard InChI is InChI=1S/C14H18FNO2/c1-2-17-9-4-10-18-14-11-13(15)7-6-12(14)5-3-8-16/h6-7,11H,2,4,8-10,16H2,1H3. The van der Waals surface area contributed by atoms with E-state index in [-0.39, 0.29) is 12.4 Å². The summed E-state index contributed by atoms with van der Waals surface area (Å²) in [5.41, 5.74) is 5.96. The molecule has 0 aliphatic rings. The summed E-state index contributed by atoms with van der Waals surface area (Å²) in [6, 6.07) is 4.28. The van der Waals surface area contributed by atoms with Gasteiger partial charge in [-0.1, -0.05) is 11.8 Å². The summed E-state index contributed by atoms with van der Waals surface area (Å²) < 4.78 is 23.8. The number of benzene rings is 1. The first kappa shape index (κ1) is 14.5. The predicted octanol–water partition coefficient (Wildman–Crippen LogP) is 1.94. The lowest BCUT2D eigenvalue weighted by molar-refractivity contribution is 0.130. The van der Waals surface area contributed by atoms with Crippen molar-refractivity contribution in [3.63, 3.8) is 0 Å². The maximum Gasteiger partial charge on any atom is 0.137 e. The van der Waals surface area contributed by atoms with E-state index in [0.29, 0.717) is 31.1 Å². The van der Waals surface area contributed by atoms with Gasteiger partial charge in [0.2, 0.25) is 0 Å². The Bertz CT molecular complexity index is 424. The first-order chi connectivity index (χ1) is 8.77. The summed E-state index contributed by atoms with van der Waals surface area (Å²) in [5.74, 6) is 5.69. The normalized spacial score (nSPS) is 9.72. The average Bonchev–Trinajstić information content (AvgIpc) is 2.37. The molecule has 0 atom stereocenters. The Morgan fingerprint density at radius 1 is 1.33 bits per heavy atom. The third-order valence-corrected chi connectivity index (χ3v) is 2.16. The molecule has 0 heterocycles. The van der Waals surface area contributed by atoms with Crippen LogP contribution in [0.4, 0.5) is 4.39 Å². The molecule has 0 radical (unpaired) electrons. The van der Waals surface area contributed by atoms with Crippen molar-refractivity contribution in [2.24, 2.45) is 5.73 Å². The minimum atomic E-state index is -0.340. The maximum atomic E-state index is 13.1. The highest BCUT2D eigenvalue weighted by atomic mass is 19.1. The number of hydrogen-bond acceptors (Lipinski definition) is 3. The molecule has 0 unspecified atom stereocenters. The monoisotopic (exact) mass is 251 g/mol. The van der Waals surface area contributed by atoms with Crippen molar-refractivity contribution in [1.82, 2.24) is 0 Å². The molecule has 18 heavy (non-hydrogen) atoms. The molecule has 2 N–H and O–H groups in total. The highest BCUT2D eigenvalue weighted by molar-refractivity contribution is 5.46. The van der Waals surface area contributed by atoms with Crippen molar-refractivity contribution in [3.8, 4) is 17.6 Å². The fourth-order valence-corrected chi connectivity index (χ4v) is 1.35. The zero-order valence-corrected chi connectivity index (χ0v) is 10.5. The summed E-state index contributed by atoms with van der Waals surface area (Å²) in [5, 5.41) is 0. The molecule has 0 saturated carbocycles. The average molecular weight is 251 g/mol. The Hall–Kier alpha value is -1.57. The van der Waals surface area contributed by atoms with Crippen molar-refractivity contribution >= 4 is 0 Å². The Morgan fingerprint density at radius 3 is 2.89 bits per heavy atom. The molecule has 0 spiro atoms. The molecule has 0 saturated heterocycles. The van der Waals surface area contributed by atoms with E-state index in [4.69, 9.17) is 15.2 Å². The minimum Gasteiger partial charge on any atom is -0.492 e. The van der Waals surface area contributed by atoms with Crippen molar-refractivity contribution in [3.05, 3.63) is 29.6 Å². The Labute approximate surface area is 107 Å².